The van der Waals surface area contributed by atoms with E-state index < -0.39 is 0 Å². The number of hydrogen-bond acceptors (Lipinski definition) is 0. The third-order valence-electron chi connectivity index (χ3n) is 1.76. The summed E-state index contributed by atoms with van der Waals surface area (Å²) in [7, 11) is 0.982. The van der Waals surface area contributed by atoms with E-state index in [4.69, 9.17) is 0 Å². The summed E-state index contributed by atoms with van der Waals surface area (Å²) in [5.41, 5.74) is 2.82. The van der Waals surface area contributed by atoms with E-state index in [1.165, 1.54) is 22.6 Å². The van der Waals surface area contributed by atoms with Crippen LogP contribution in [0.5, 0.6) is 0 Å². The van der Waals surface area contributed by atoms with Crippen molar-refractivity contribution in [3.8, 4) is 0 Å². The zero-order valence-corrected chi connectivity index (χ0v) is 8.44. The largest absolute Gasteiger partial charge is 0.0904 e. The van der Waals surface area contributed by atoms with E-state index in [9.17, 15) is 0 Å². The fraction of sp³-hybridized carbons (Fsp3) is 0.400. The lowest BCUT2D eigenvalue weighted by molar-refractivity contribution is 1.42. The fourth-order valence-electron chi connectivity index (χ4n) is 1.12. The Morgan fingerprint density at radius 3 is 2.64 bits per heavy atom. The van der Waals surface area contributed by atoms with Gasteiger partial charge in [-0.15, -0.1) is 0 Å². The summed E-state index contributed by atoms with van der Waals surface area (Å²) < 4.78 is 0. The molecule has 0 saturated heterocycles. The highest BCUT2D eigenvalue weighted by molar-refractivity contribution is 7.47. The lowest BCUT2D eigenvalue weighted by Crippen LogP contribution is -2.00. The molecule has 0 spiro atoms. The zero-order valence-electron chi connectivity index (χ0n) is 7.44. The van der Waals surface area contributed by atoms with Crippen molar-refractivity contribution in [2.45, 2.75) is 20.8 Å². The molecule has 1 heteroatoms. The molecule has 0 saturated carbocycles. The van der Waals surface area contributed by atoms with Crippen molar-refractivity contribution in [3.05, 3.63) is 29.3 Å². The van der Waals surface area contributed by atoms with Gasteiger partial charge in [0.1, 0.15) is 0 Å². The van der Waals surface area contributed by atoms with Crippen molar-refractivity contribution < 1.29 is 0 Å². The summed E-state index contributed by atoms with van der Waals surface area (Å²) in [5.74, 6) is 0. The van der Waals surface area contributed by atoms with Gasteiger partial charge in [0.2, 0.25) is 0 Å². The lowest BCUT2D eigenvalue weighted by Gasteiger charge is -2.04. The van der Waals surface area contributed by atoms with E-state index >= 15 is 0 Å². The third-order valence-corrected chi connectivity index (χ3v) is 3.03. The Bertz CT molecular complexity index is 241. The minimum atomic E-state index is 0.982. The molecule has 1 rings (SSSR count). The van der Waals surface area contributed by atoms with Gasteiger partial charge in [0.15, 0.2) is 0 Å². The second kappa shape index (κ2) is 3.88. The Hall–Kier alpha value is -0.350. The number of hydrogen-bond donors (Lipinski definition) is 0. The Kier molecular flexibility index (Phi) is 3.08. The lowest BCUT2D eigenvalue weighted by atomic mass is 10.2. The average Bonchev–Trinajstić information content (AvgIpc) is 1.98. The maximum absolute atomic E-state index is 2.30. The predicted octanol–water partition coefficient (Wildman–Crippen LogP) is 2.63. The maximum Gasteiger partial charge on any atom is -0.0240 e. The molecule has 1 aromatic rings. The molecule has 0 heterocycles. The molecule has 0 N–H and O–H groups in total. The van der Waals surface area contributed by atoms with Crippen LogP contribution in [-0.2, 0) is 0 Å². The van der Waals surface area contributed by atoms with Gasteiger partial charge in [0.25, 0.3) is 0 Å². The van der Waals surface area contributed by atoms with Gasteiger partial charge in [-0.25, -0.2) is 0 Å². The van der Waals surface area contributed by atoms with Crippen molar-refractivity contribution in [1.82, 2.24) is 0 Å². The monoisotopic (exact) mass is 166 g/mol. The van der Waals surface area contributed by atoms with Crippen molar-refractivity contribution in [1.29, 1.82) is 0 Å². The number of rotatable bonds is 2. The Labute approximate surface area is 70.8 Å². The first-order chi connectivity index (χ1) is 5.24. The van der Waals surface area contributed by atoms with Crippen molar-refractivity contribution in [2.75, 3.05) is 6.16 Å². The van der Waals surface area contributed by atoms with Crippen LogP contribution in [0.4, 0.5) is 0 Å². The third kappa shape index (κ3) is 2.31. The van der Waals surface area contributed by atoms with Gasteiger partial charge >= 0.3 is 0 Å². The first-order valence-corrected chi connectivity index (χ1v) is 5.26. The SMILES string of the molecule is CCPc1cc(C)ccc1C. The molecule has 0 aliphatic carbocycles. The van der Waals surface area contributed by atoms with Crippen LogP contribution in [0, 0.1) is 13.8 Å². The molecule has 0 radical (unpaired) electrons. The molecule has 0 aliphatic heterocycles. The van der Waals surface area contributed by atoms with Gasteiger partial charge in [-0.05, 0) is 30.9 Å². The molecule has 0 bridgehead atoms. The second-order valence-corrected chi connectivity index (χ2v) is 4.45. The summed E-state index contributed by atoms with van der Waals surface area (Å²) in [6.07, 6.45) is 1.27. The molecule has 0 nitrogen and oxygen atoms in total. The minimum Gasteiger partial charge on any atom is -0.0904 e. The summed E-state index contributed by atoms with van der Waals surface area (Å²) in [4.78, 5) is 0. The topological polar surface area (TPSA) is 0 Å². The van der Waals surface area contributed by atoms with Crippen LogP contribution in [0.1, 0.15) is 18.1 Å². The van der Waals surface area contributed by atoms with E-state index in [0.717, 1.165) is 8.58 Å². The standard InChI is InChI=1S/C10H15P/c1-4-11-10-7-8(2)5-6-9(10)3/h5-7,11H,4H2,1-3H3. The first kappa shape index (κ1) is 8.74. The molecule has 0 amide bonds. The Morgan fingerprint density at radius 2 is 2.00 bits per heavy atom. The van der Waals surface area contributed by atoms with Gasteiger partial charge in [-0.2, -0.15) is 0 Å². The van der Waals surface area contributed by atoms with Gasteiger partial charge in [0.05, 0.1) is 0 Å². The van der Waals surface area contributed by atoms with Crippen molar-refractivity contribution in [2.24, 2.45) is 0 Å². The summed E-state index contributed by atoms with van der Waals surface area (Å²) in [6.45, 7) is 6.58. The summed E-state index contributed by atoms with van der Waals surface area (Å²) >= 11 is 0. The average molecular weight is 166 g/mol. The normalized spacial score (nSPS) is 11.2. The Morgan fingerprint density at radius 1 is 1.27 bits per heavy atom. The summed E-state index contributed by atoms with van der Waals surface area (Å²) in [6, 6.07) is 6.70. The van der Waals surface area contributed by atoms with Gasteiger partial charge in [-0.1, -0.05) is 39.3 Å². The van der Waals surface area contributed by atoms with Crippen LogP contribution in [-0.4, -0.2) is 6.16 Å². The second-order valence-electron chi connectivity index (χ2n) is 2.85. The van der Waals surface area contributed by atoms with E-state index in [1.54, 1.807) is 0 Å². The van der Waals surface area contributed by atoms with Crippen LogP contribution in [0.2, 0.25) is 0 Å². The summed E-state index contributed by atoms with van der Waals surface area (Å²) in [5, 5.41) is 1.53. The van der Waals surface area contributed by atoms with Gasteiger partial charge < -0.3 is 0 Å². The quantitative estimate of drug-likeness (QED) is 0.592. The molecule has 1 atom stereocenters. The van der Waals surface area contributed by atoms with Crippen LogP contribution in [0.15, 0.2) is 18.2 Å². The first-order valence-electron chi connectivity index (χ1n) is 4.05. The van der Waals surface area contributed by atoms with E-state index in [1.807, 2.05) is 0 Å². The van der Waals surface area contributed by atoms with Crippen molar-refractivity contribution in [3.63, 3.8) is 0 Å². The molecule has 0 aromatic heterocycles. The minimum absolute atomic E-state index is 0.982. The highest BCUT2D eigenvalue weighted by Gasteiger charge is 1.95. The molecule has 11 heavy (non-hydrogen) atoms. The highest BCUT2D eigenvalue weighted by atomic mass is 31.1. The Balaban J connectivity index is 2.93. The van der Waals surface area contributed by atoms with E-state index in [0.29, 0.717) is 0 Å². The molecule has 1 unspecified atom stereocenters. The molecule has 60 valence electrons. The molecular weight excluding hydrogens is 151 g/mol. The van der Waals surface area contributed by atoms with Crippen molar-refractivity contribution >= 4 is 13.9 Å². The van der Waals surface area contributed by atoms with Crippen LogP contribution in [0.3, 0.4) is 0 Å². The van der Waals surface area contributed by atoms with Crippen LogP contribution in [0.25, 0.3) is 0 Å². The molecule has 1 aromatic carbocycles. The van der Waals surface area contributed by atoms with E-state index in [2.05, 4.69) is 39.0 Å². The molecule has 0 aliphatic rings. The maximum atomic E-state index is 2.30. The number of aryl methyl sites for hydroxylation is 2. The number of benzene rings is 1. The zero-order chi connectivity index (χ0) is 8.27. The van der Waals surface area contributed by atoms with Gasteiger partial charge in [-0.3, -0.25) is 0 Å². The highest BCUT2D eigenvalue weighted by Crippen LogP contribution is 2.13. The van der Waals surface area contributed by atoms with E-state index in [-0.39, 0.29) is 0 Å². The van der Waals surface area contributed by atoms with Gasteiger partial charge in [0, 0.05) is 0 Å². The molecular formula is C10H15P. The predicted molar refractivity (Wildman–Crippen MR) is 54.4 cm³/mol. The molecule has 0 fully saturated rings. The fourth-order valence-corrected chi connectivity index (χ4v) is 2.19. The smallest absolute Gasteiger partial charge is 0.0240 e. The van der Waals surface area contributed by atoms with Crippen LogP contribution < -0.4 is 5.30 Å². The van der Waals surface area contributed by atoms with Crippen LogP contribution >= 0.6 is 8.58 Å².